The molecule has 5 rings (SSSR count). The van der Waals surface area contributed by atoms with E-state index in [1.165, 1.54) is 12.7 Å². The van der Waals surface area contributed by atoms with E-state index >= 15 is 0 Å². The molecule has 1 amide bonds. The summed E-state index contributed by atoms with van der Waals surface area (Å²) >= 11 is 1.80. The molecule has 1 aromatic heterocycles. The minimum atomic E-state index is -0.578. The Morgan fingerprint density at radius 2 is 1.67 bits per heavy atom. The number of likely N-dealkylation sites (tertiary alicyclic amines) is 1. The molecule has 4 aromatic rings. The molecule has 2 heterocycles. The van der Waals surface area contributed by atoms with Crippen LogP contribution >= 0.6 is 11.8 Å². The average molecular weight is 601 g/mol. The van der Waals surface area contributed by atoms with Gasteiger partial charge in [-0.25, -0.2) is 9.59 Å². The number of hydrogen-bond acceptors (Lipinski definition) is 6. The Labute approximate surface area is 258 Å². The molecule has 0 bridgehead atoms. The predicted molar refractivity (Wildman–Crippen MR) is 172 cm³/mol. The number of methoxy groups -OCH3 is 2. The Balaban J connectivity index is 1.54. The number of amides is 1. The van der Waals surface area contributed by atoms with Crippen LogP contribution in [0.4, 0.5) is 4.79 Å². The summed E-state index contributed by atoms with van der Waals surface area (Å²) in [5, 5.41) is 1.28. The summed E-state index contributed by atoms with van der Waals surface area (Å²) in [7, 11) is 3.10. The van der Waals surface area contributed by atoms with Crippen LogP contribution in [0.2, 0.25) is 0 Å². The van der Waals surface area contributed by atoms with Crippen molar-refractivity contribution in [1.82, 2.24) is 9.47 Å². The lowest BCUT2D eigenvalue weighted by molar-refractivity contribution is 0.0202. The molecule has 226 valence electrons. The van der Waals surface area contributed by atoms with Crippen molar-refractivity contribution in [2.24, 2.45) is 0 Å². The van der Waals surface area contributed by atoms with Gasteiger partial charge in [0.1, 0.15) is 11.4 Å². The third-order valence-corrected chi connectivity index (χ3v) is 9.42. The molecule has 0 N–H and O–H groups in total. The number of rotatable bonds is 6. The van der Waals surface area contributed by atoms with Crippen molar-refractivity contribution >= 4 is 34.7 Å². The molecule has 8 heteroatoms. The second kappa shape index (κ2) is 12.4. The van der Waals surface area contributed by atoms with Gasteiger partial charge in [0.15, 0.2) is 0 Å². The number of carbonyl (C=O) groups excluding carboxylic acids is 2. The van der Waals surface area contributed by atoms with Crippen LogP contribution in [-0.4, -0.2) is 59.7 Å². The minimum Gasteiger partial charge on any atom is -0.496 e. The Morgan fingerprint density at radius 1 is 0.953 bits per heavy atom. The highest BCUT2D eigenvalue weighted by molar-refractivity contribution is 8.00. The van der Waals surface area contributed by atoms with E-state index in [2.05, 4.69) is 61.0 Å². The molecule has 0 aliphatic carbocycles. The van der Waals surface area contributed by atoms with Crippen LogP contribution in [0, 0.1) is 13.8 Å². The molecule has 3 aromatic carbocycles. The molecule has 0 saturated carbocycles. The lowest BCUT2D eigenvalue weighted by atomic mass is 9.89. The minimum absolute atomic E-state index is 0.00234. The van der Waals surface area contributed by atoms with Crippen LogP contribution in [0.3, 0.4) is 0 Å². The molecule has 43 heavy (non-hydrogen) atoms. The number of benzene rings is 3. The fraction of sp³-hybridized carbons (Fsp3) is 0.371. The maximum Gasteiger partial charge on any atom is 0.410 e. The van der Waals surface area contributed by atoms with E-state index in [0.717, 1.165) is 44.8 Å². The zero-order valence-electron chi connectivity index (χ0n) is 26.0. The number of nitrogens with zero attached hydrogens (tertiary/aromatic N) is 2. The molecule has 0 spiro atoms. The van der Waals surface area contributed by atoms with Gasteiger partial charge < -0.3 is 23.7 Å². The molecule has 1 fully saturated rings. The third kappa shape index (κ3) is 6.39. The monoisotopic (exact) mass is 600 g/mol. The quantitative estimate of drug-likeness (QED) is 0.209. The molecule has 7 nitrogen and oxygen atoms in total. The second-order valence-electron chi connectivity index (χ2n) is 12.1. The van der Waals surface area contributed by atoms with Gasteiger partial charge in [0.2, 0.25) is 0 Å². The van der Waals surface area contributed by atoms with E-state index in [1.807, 2.05) is 32.9 Å². The van der Waals surface area contributed by atoms with Gasteiger partial charge in [0.25, 0.3) is 0 Å². The Kier molecular flexibility index (Phi) is 8.79. The van der Waals surface area contributed by atoms with Crippen molar-refractivity contribution < 1.29 is 23.8 Å². The number of thioether (sulfide) groups is 1. The number of carbonyl (C=O) groups is 2. The first kappa shape index (κ1) is 30.5. The van der Waals surface area contributed by atoms with Gasteiger partial charge in [-0.05, 0) is 88.1 Å². The van der Waals surface area contributed by atoms with Crippen LogP contribution in [0.15, 0.2) is 71.8 Å². The number of para-hydroxylation sites is 1. The Morgan fingerprint density at radius 3 is 2.33 bits per heavy atom. The molecule has 2 atom stereocenters. The first-order valence-electron chi connectivity index (χ1n) is 14.6. The fourth-order valence-electron chi connectivity index (χ4n) is 5.81. The lowest BCUT2D eigenvalue weighted by Crippen LogP contribution is -2.46. The van der Waals surface area contributed by atoms with Crippen LogP contribution in [0.25, 0.3) is 16.6 Å². The number of esters is 1. The molecule has 2 unspecified atom stereocenters. The van der Waals surface area contributed by atoms with Crippen molar-refractivity contribution in [1.29, 1.82) is 0 Å². The summed E-state index contributed by atoms with van der Waals surface area (Å²) in [4.78, 5) is 28.1. The number of ether oxygens (including phenoxy) is 3. The number of fused-ring (bicyclic) bond motifs is 1. The van der Waals surface area contributed by atoms with Gasteiger partial charge in [-0.3, -0.25) is 0 Å². The van der Waals surface area contributed by atoms with Crippen molar-refractivity contribution in [2.75, 3.05) is 27.3 Å². The summed E-state index contributed by atoms with van der Waals surface area (Å²) < 4.78 is 18.9. The van der Waals surface area contributed by atoms with Gasteiger partial charge in [-0.2, -0.15) is 0 Å². The maximum atomic E-state index is 13.1. The van der Waals surface area contributed by atoms with Crippen LogP contribution in [0.5, 0.6) is 5.75 Å². The number of aromatic nitrogens is 1. The van der Waals surface area contributed by atoms with E-state index in [-0.39, 0.29) is 23.2 Å². The molecule has 1 aliphatic heterocycles. The van der Waals surface area contributed by atoms with Gasteiger partial charge in [-0.15, -0.1) is 11.8 Å². The van der Waals surface area contributed by atoms with Crippen molar-refractivity contribution in [2.45, 2.75) is 62.7 Å². The van der Waals surface area contributed by atoms with Crippen molar-refractivity contribution in [3.05, 3.63) is 89.1 Å². The topological polar surface area (TPSA) is 70.0 Å². The zero-order chi connectivity index (χ0) is 30.9. The SMILES string of the molecule is COC(=O)c1ccc(C2CN(C(=O)OC(C)(C)C)CCC2Sc2c(OC)cc(C)c3c2ccn3-c2ccccc2C)cc1. The molecule has 0 radical (unpaired) electrons. The highest BCUT2D eigenvalue weighted by atomic mass is 32.2. The Bertz CT molecular complexity index is 1640. The normalized spacial score (nSPS) is 17.1. The summed E-state index contributed by atoms with van der Waals surface area (Å²) in [6, 6.07) is 20.2. The van der Waals surface area contributed by atoms with Gasteiger partial charge in [-0.1, -0.05) is 30.3 Å². The van der Waals surface area contributed by atoms with Gasteiger partial charge in [0, 0.05) is 41.5 Å². The van der Waals surface area contributed by atoms with Gasteiger partial charge >= 0.3 is 12.1 Å². The highest BCUT2D eigenvalue weighted by Gasteiger charge is 2.36. The zero-order valence-corrected chi connectivity index (χ0v) is 26.8. The van der Waals surface area contributed by atoms with E-state index in [9.17, 15) is 9.59 Å². The number of aryl methyl sites for hydroxylation is 2. The standard InChI is InChI=1S/C35H40N2O5S/c1-22-10-8-9-11-28(22)37-19-16-26-31(37)23(2)20-29(40-6)32(26)43-30-17-18-36(34(39)42-35(3,4)5)21-27(30)24-12-14-25(15-13-24)33(38)41-7/h8-16,19-20,27,30H,17-18,21H2,1-7H3. The second-order valence-corrected chi connectivity index (χ2v) is 13.3. The van der Waals surface area contributed by atoms with E-state index in [1.54, 1.807) is 35.9 Å². The van der Waals surface area contributed by atoms with Gasteiger partial charge in [0.05, 0.1) is 30.2 Å². The summed E-state index contributed by atoms with van der Waals surface area (Å²) in [6.07, 6.45) is 2.60. The van der Waals surface area contributed by atoms with Crippen molar-refractivity contribution in [3.8, 4) is 11.4 Å². The lowest BCUT2D eigenvalue weighted by Gasteiger charge is -2.39. The van der Waals surface area contributed by atoms with E-state index in [0.29, 0.717) is 18.7 Å². The van der Waals surface area contributed by atoms with E-state index < -0.39 is 5.60 Å². The molecular weight excluding hydrogens is 560 g/mol. The highest BCUT2D eigenvalue weighted by Crippen LogP contribution is 2.47. The number of hydrogen-bond donors (Lipinski definition) is 0. The Hall–Kier alpha value is -3.91. The molecule has 1 saturated heterocycles. The fourth-order valence-corrected chi connectivity index (χ4v) is 7.29. The van der Waals surface area contributed by atoms with Crippen LogP contribution < -0.4 is 4.74 Å². The van der Waals surface area contributed by atoms with Crippen molar-refractivity contribution in [3.63, 3.8) is 0 Å². The predicted octanol–water partition coefficient (Wildman–Crippen LogP) is 7.93. The van der Waals surface area contributed by atoms with Crippen LogP contribution in [-0.2, 0) is 9.47 Å². The van der Waals surface area contributed by atoms with E-state index in [4.69, 9.17) is 14.2 Å². The van der Waals surface area contributed by atoms with Crippen LogP contribution in [0.1, 0.15) is 60.2 Å². The molecule has 1 aliphatic rings. The largest absolute Gasteiger partial charge is 0.496 e. The summed E-state index contributed by atoms with van der Waals surface area (Å²) in [5.74, 6) is 0.464. The summed E-state index contributed by atoms with van der Waals surface area (Å²) in [6.45, 7) is 11.0. The number of piperidine rings is 1. The first-order chi connectivity index (χ1) is 20.5. The molecular formula is C35H40N2O5S. The smallest absolute Gasteiger partial charge is 0.410 e. The first-order valence-corrected chi connectivity index (χ1v) is 15.5. The summed E-state index contributed by atoms with van der Waals surface area (Å²) in [5.41, 5.74) is 5.62. The average Bonchev–Trinajstić information content (AvgIpc) is 3.43. The third-order valence-electron chi connectivity index (χ3n) is 7.90. The maximum absolute atomic E-state index is 13.1.